The van der Waals surface area contributed by atoms with Crippen LogP contribution in [0.5, 0.6) is 5.75 Å². The van der Waals surface area contributed by atoms with Crippen molar-refractivity contribution in [3.05, 3.63) is 29.8 Å². The summed E-state index contributed by atoms with van der Waals surface area (Å²) < 4.78 is 5.72. The van der Waals surface area contributed by atoms with Gasteiger partial charge in [-0.1, -0.05) is 26.0 Å². The van der Waals surface area contributed by atoms with Crippen LogP contribution in [0.2, 0.25) is 0 Å². The third-order valence-corrected chi connectivity index (χ3v) is 4.19. The molecule has 0 saturated carbocycles. The molecule has 5 heteroatoms. The molecule has 0 aromatic heterocycles. The minimum atomic E-state index is -0.494. The Bertz CT molecular complexity index is 508. The Balaban J connectivity index is 1.67. The second-order valence-electron chi connectivity index (χ2n) is 7.16. The number of carbonyl (C=O) groups excluding carboxylic acids is 1. The van der Waals surface area contributed by atoms with Crippen LogP contribution in [0.4, 0.5) is 0 Å². The highest BCUT2D eigenvalue weighted by Crippen LogP contribution is 2.20. The molecule has 1 saturated heterocycles. The lowest BCUT2D eigenvalue weighted by molar-refractivity contribution is -0.130. The number of carbonyl (C=O) groups is 1. The van der Waals surface area contributed by atoms with E-state index in [2.05, 4.69) is 36.2 Å². The molecule has 1 aliphatic rings. The molecule has 0 spiro atoms. The van der Waals surface area contributed by atoms with Gasteiger partial charge in [0.25, 0.3) is 0 Å². The monoisotopic (exact) mass is 334 g/mol. The number of hydrogen-bond acceptors (Lipinski definition) is 4. The van der Waals surface area contributed by atoms with E-state index >= 15 is 0 Å². The molecule has 1 atom stereocenters. The zero-order chi connectivity index (χ0) is 17.5. The molecular weight excluding hydrogens is 304 g/mol. The van der Waals surface area contributed by atoms with E-state index < -0.39 is 6.10 Å². The lowest BCUT2D eigenvalue weighted by atomic mass is 9.98. The molecule has 1 aliphatic heterocycles. The highest BCUT2D eigenvalue weighted by atomic mass is 16.5. The first-order valence-electron chi connectivity index (χ1n) is 8.84. The summed E-state index contributed by atoms with van der Waals surface area (Å²) in [4.78, 5) is 14.1. The maximum Gasteiger partial charge on any atom is 0.225 e. The summed E-state index contributed by atoms with van der Waals surface area (Å²) in [5.41, 5.74) is 1.23. The number of aliphatic hydroxyl groups is 1. The van der Waals surface area contributed by atoms with Gasteiger partial charge < -0.3 is 15.2 Å². The van der Waals surface area contributed by atoms with Crippen molar-refractivity contribution in [3.8, 4) is 5.75 Å². The van der Waals surface area contributed by atoms with E-state index in [1.165, 1.54) is 5.56 Å². The number of aliphatic hydroxyl groups excluding tert-OH is 1. The largest absolute Gasteiger partial charge is 0.494 e. The predicted molar refractivity (Wildman–Crippen MR) is 94.8 cm³/mol. The molecular formula is C19H30N2O3. The predicted octanol–water partition coefficient (Wildman–Crippen LogP) is 2.04. The summed E-state index contributed by atoms with van der Waals surface area (Å²) in [5.74, 6) is 1.66. The van der Waals surface area contributed by atoms with Crippen LogP contribution in [-0.2, 0) is 11.3 Å². The zero-order valence-corrected chi connectivity index (χ0v) is 15.0. The molecule has 24 heavy (non-hydrogen) atoms. The number of nitrogens with zero attached hydrogens (tertiary/aromatic N) is 1. The van der Waals surface area contributed by atoms with Crippen LogP contribution in [0.15, 0.2) is 24.3 Å². The van der Waals surface area contributed by atoms with Crippen molar-refractivity contribution in [1.82, 2.24) is 10.2 Å². The van der Waals surface area contributed by atoms with Crippen LogP contribution >= 0.6 is 0 Å². The normalized spacial score (nSPS) is 16.7. The smallest absolute Gasteiger partial charge is 0.225 e. The van der Waals surface area contributed by atoms with Crippen LogP contribution < -0.4 is 10.1 Å². The van der Waals surface area contributed by atoms with Gasteiger partial charge in [-0.25, -0.2) is 0 Å². The molecule has 2 N–H and O–H groups in total. The Hall–Kier alpha value is -1.59. The van der Waals surface area contributed by atoms with E-state index in [0.717, 1.165) is 38.4 Å². The van der Waals surface area contributed by atoms with Gasteiger partial charge in [-0.15, -0.1) is 0 Å². The fraction of sp³-hybridized carbons (Fsp3) is 0.632. The van der Waals surface area contributed by atoms with Gasteiger partial charge in [0.1, 0.15) is 5.75 Å². The number of benzene rings is 1. The van der Waals surface area contributed by atoms with Crippen LogP contribution in [0.1, 0.15) is 32.8 Å². The Morgan fingerprint density at radius 1 is 1.29 bits per heavy atom. The quantitative estimate of drug-likeness (QED) is 0.725. The van der Waals surface area contributed by atoms with E-state index in [4.69, 9.17) is 4.74 Å². The SMILES string of the molecule is CC(C)CCOc1ccc(CN2CC(C(=O)NC[C@H](C)O)C2)cc1. The summed E-state index contributed by atoms with van der Waals surface area (Å²) in [6.07, 6.45) is 0.569. The third-order valence-electron chi connectivity index (χ3n) is 4.19. The molecule has 0 aliphatic carbocycles. The number of nitrogens with one attached hydrogen (secondary N) is 1. The Morgan fingerprint density at radius 2 is 1.96 bits per heavy atom. The summed E-state index contributed by atoms with van der Waals surface area (Å²) in [7, 11) is 0. The van der Waals surface area contributed by atoms with Crippen molar-refractivity contribution in [1.29, 1.82) is 0 Å². The lowest BCUT2D eigenvalue weighted by Crippen LogP contribution is -2.53. The van der Waals surface area contributed by atoms with E-state index in [-0.39, 0.29) is 11.8 Å². The van der Waals surface area contributed by atoms with Gasteiger partial charge in [0, 0.05) is 26.2 Å². The number of rotatable bonds is 9. The first-order valence-corrected chi connectivity index (χ1v) is 8.84. The standard InChI is InChI=1S/C19H30N2O3/c1-14(2)8-9-24-18-6-4-16(5-7-18)11-21-12-17(13-21)19(23)20-10-15(3)22/h4-7,14-15,17,22H,8-13H2,1-3H3,(H,20,23)/t15-/m0/s1. The topological polar surface area (TPSA) is 61.8 Å². The lowest BCUT2D eigenvalue weighted by Gasteiger charge is -2.38. The van der Waals surface area contributed by atoms with Crippen molar-refractivity contribution < 1.29 is 14.6 Å². The molecule has 0 radical (unpaired) electrons. The molecule has 0 bridgehead atoms. The van der Waals surface area contributed by atoms with Gasteiger partial charge in [0.05, 0.1) is 18.6 Å². The van der Waals surface area contributed by atoms with Crippen molar-refractivity contribution >= 4 is 5.91 Å². The van der Waals surface area contributed by atoms with Crippen molar-refractivity contribution in [3.63, 3.8) is 0 Å². The van der Waals surface area contributed by atoms with Crippen LogP contribution in [0.25, 0.3) is 0 Å². The molecule has 5 nitrogen and oxygen atoms in total. The third kappa shape index (κ3) is 6.13. The van der Waals surface area contributed by atoms with Gasteiger partial charge in [0.15, 0.2) is 0 Å². The first kappa shape index (κ1) is 18.7. The highest BCUT2D eigenvalue weighted by Gasteiger charge is 2.32. The fourth-order valence-corrected chi connectivity index (χ4v) is 2.62. The Kier molecular flexibility index (Phi) is 7.06. The van der Waals surface area contributed by atoms with Gasteiger partial charge in [-0.05, 0) is 37.0 Å². The summed E-state index contributed by atoms with van der Waals surface area (Å²) in [6.45, 7) is 9.54. The van der Waals surface area contributed by atoms with Gasteiger partial charge in [-0.3, -0.25) is 9.69 Å². The summed E-state index contributed by atoms with van der Waals surface area (Å²) in [5, 5.41) is 12.0. The van der Waals surface area contributed by atoms with Crippen molar-refractivity contribution in [2.24, 2.45) is 11.8 Å². The van der Waals surface area contributed by atoms with E-state index in [1.807, 2.05) is 12.1 Å². The minimum absolute atomic E-state index is 0.0426. The minimum Gasteiger partial charge on any atom is -0.494 e. The molecule has 134 valence electrons. The summed E-state index contributed by atoms with van der Waals surface area (Å²) in [6, 6.07) is 8.21. The fourth-order valence-electron chi connectivity index (χ4n) is 2.62. The maximum atomic E-state index is 11.9. The highest BCUT2D eigenvalue weighted by molar-refractivity contribution is 5.80. The van der Waals surface area contributed by atoms with E-state index in [0.29, 0.717) is 12.5 Å². The molecule has 1 aromatic rings. The van der Waals surface area contributed by atoms with E-state index in [1.54, 1.807) is 6.92 Å². The second-order valence-corrected chi connectivity index (χ2v) is 7.16. The Morgan fingerprint density at radius 3 is 2.54 bits per heavy atom. The molecule has 1 amide bonds. The Labute approximate surface area is 145 Å². The van der Waals surface area contributed by atoms with Crippen molar-refractivity contribution in [2.45, 2.75) is 39.8 Å². The number of hydrogen-bond donors (Lipinski definition) is 2. The molecule has 2 rings (SSSR count). The summed E-state index contributed by atoms with van der Waals surface area (Å²) >= 11 is 0. The molecule has 0 unspecified atom stereocenters. The van der Waals surface area contributed by atoms with E-state index in [9.17, 15) is 9.90 Å². The van der Waals surface area contributed by atoms with Crippen molar-refractivity contribution in [2.75, 3.05) is 26.2 Å². The van der Waals surface area contributed by atoms with Crippen LogP contribution in [0.3, 0.4) is 0 Å². The molecule has 1 fully saturated rings. The van der Waals surface area contributed by atoms with Gasteiger partial charge in [-0.2, -0.15) is 0 Å². The molecule has 1 heterocycles. The first-order chi connectivity index (χ1) is 11.4. The average Bonchev–Trinajstić information content (AvgIpc) is 2.49. The van der Waals surface area contributed by atoms with Crippen LogP contribution in [0, 0.1) is 11.8 Å². The van der Waals surface area contributed by atoms with Crippen LogP contribution in [-0.4, -0.2) is 48.3 Å². The zero-order valence-electron chi connectivity index (χ0n) is 15.0. The maximum absolute atomic E-state index is 11.9. The van der Waals surface area contributed by atoms with Gasteiger partial charge >= 0.3 is 0 Å². The number of likely N-dealkylation sites (tertiary alicyclic amines) is 1. The molecule has 1 aromatic carbocycles. The van der Waals surface area contributed by atoms with Gasteiger partial charge in [0.2, 0.25) is 5.91 Å². The number of amides is 1. The second kappa shape index (κ2) is 9.04. The number of ether oxygens (including phenoxy) is 1. The average molecular weight is 334 g/mol.